The van der Waals surface area contributed by atoms with Crippen LogP contribution >= 0.6 is 11.6 Å². The lowest BCUT2D eigenvalue weighted by Crippen LogP contribution is -2.28. The van der Waals surface area contributed by atoms with E-state index in [1.165, 1.54) is 10.9 Å². The van der Waals surface area contributed by atoms with Crippen LogP contribution in [0.5, 0.6) is 0 Å². The molecule has 0 saturated heterocycles. The molecule has 1 heterocycles. The minimum Gasteiger partial charge on any atom is -0.324 e. The van der Waals surface area contributed by atoms with Gasteiger partial charge in [-0.15, -0.1) is 0 Å². The lowest BCUT2D eigenvalue weighted by molar-refractivity contribution is -0.116. The number of carbonyl (C=O) groups is 1. The average Bonchev–Trinajstić information content (AvgIpc) is 2.53. The summed E-state index contributed by atoms with van der Waals surface area (Å²) in [5.74, 6) is -0.277. The van der Waals surface area contributed by atoms with Crippen LogP contribution in [0.3, 0.4) is 0 Å². The second-order valence-electron chi connectivity index (χ2n) is 5.71. The topological polar surface area (TPSA) is 64.0 Å². The number of aromatic nitrogens is 2. The van der Waals surface area contributed by atoms with Gasteiger partial charge in [-0.3, -0.25) is 14.2 Å². The summed E-state index contributed by atoms with van der Waals surface area (Å²) in [6, 6.07) is 10.7. The van der Waals surface area contributed by atoms with Gasteiger partial charge in [0.15, 0.2) is 0 Å². The molecule has 0 spiro atoms. The molecule has 0 aliphatic heterocycles. The molecule has 5 nitrogen and oxygen atoms in total. The van der Waals surface area contributed by atoms with E-state index in [9.17, 15) is 9.59 Å². The van der Waals surface area contributed by atoms with Gasteiger partial charge >= 0.3 is 0 Å². The van der Waals surface area contributed by atoms with Crippen molar-refractivity contribution in [2.45, 2.75) is 20.4 Å². The smallest absolute Gasteiger partial charge is 0.261 e. The van der Waals surface area contributed by atoms with Gasteiger partial charge in [0.1, 0.15) is 6.54 Å². The van der Waals surface area contributed by atoms with Gasteiger partial charge < -0.3 is 5.32 Å². The van der Waals surface area contributed by atoms with Gasteiger partial charge in [-0.25, -0.2) is 4.98 Å². The van der Waals surface area contributed by atoms with Gasteiger partial charge in [-0.2, -0.15) is 0 Å². The van der Waals surface area contributed by atoms with Gasteiger partial charge in [-0.1, -0.05) is 23.7 Å². The van der Waals surface area contributed by atoms with E-state index in [2.05, 4.69) is 10.3 Å². The first-order valence-corrected chi connectivity index (χ1v) is 7.83. The van der Waals surface area contributed by atoms with Crippen LogP contribution in [0.1, 0.15) is 11.1 Å². The molecule has 6 heteroatoms. The Morgan fingerprint density at radius 2 is 2.00 bits per heavy atom. The Balaban J connectivity index is 1.85. The number of hydrogen-bond acceptors (Lipinski definition) is 3. The summed E-state index contributed by atoms with van der Waals surface area (Å²) < 4.78 is 1.29. The van der Waals surface area contributed by atoms with Gasteiger partial charge in [0, 0.05) is 10.7 Å². The molecule has 3 rings (SSSR count). The molecule has 24 heavy (non-hydrogen) atoms. The molecule has 1 amide bonds. The van der Waals surface area contributed by atoms with Crippen molar-refractivity contribution < 1.29 is 4.79 Å². The third kappa shape index (κ3) is 3.31. The van der Waals surface area contributed by atoms with Crippen LogP contribution in [0.2, 0.25) is 5.02 Å². The van der Waals surface area contributed by atoms with E-state index in [0.29, 0.717) is 15.9 Å². The van der Waals surface area contributed by atoms with Crippen molar-refractivity contribution in [2.24, 2.45) is 0 Å². The molecule has 0 fully saturated rings. The Hall–Kier alpha value is -2.66. The molecule has 0 unspecified atom stereocenters. The van der Waals surface area contributed by atoms with Gasteiger partial charge in [-0.05, 0) is 49.2 Å². The van der Waals surface area contributed by atoms with E-state index >= 15 is 0 Å². The number of fused-ring (bicyclic) bond motifs is 1. The Morgan fingerprint density at radius 1 is 1.21 bits per heavy atom. The quantitative estimate of drug-likeness (QED) is 0.795. The van der Waals surface area contributed by atoms with Crippen LogP contribution in [-0.2, 0) is 11.3 Å². The minimum absolute atomic E-state index is 0.0994. The predicted molar refractivity (Wildman–Crippen MR) is 95.6 cm³/mol. The summed E-state index contributed by atoms with van der Waals surface area (Å²) in [7, 11) is 0. The number of nitrogens with zero attached hydrogens (tertiary/aromatic N) is 2. The highest BCUT2D eigenvalue weighted by molar-refractivity contribution is 6.31. The molecule has 3 aromatic rings. The number of anilines is 1. The SMILES string of the molecule is Cc1ccc(C)c(NC(=O)Cn2cnc3cc(Cl)ccc3c2=O)c1. The first kappa shape index (κ1) is 16.2. The number of carbonyl (C=O) groups excluding carboxylic acids is 1. The molecular formula is C18H16ClN3O2. The highest BCUT2D eigenvalue weighted by Crippen LogP contribution is 2.17. The molecule has 122 valence electrons. The fourth-order valence-corrected chi connectivity index (χ4v) is 2.63. The second-order valence-corrected chi connectivity index (χ2v) is 6.14. The van der Waals surface area contributed by atoms with E-state index in [0.717, 1.165) is 16.8 Å². The Bertz CT molecular complexity index is 995. The van der Waals surface area contributed by atoms with Gasteiger partial charge in [0.2, 0.25) is 5.91 Å². The van der Waals surface area contributed by atoms with Crippen LogP contribution in [0.4, 0.5) is 5.69 Å². The Kier molecular flexibility index (Phi) is 4.36. The maximum Gasteiger partial charge on any atom is 0.261 e. The van der Waals surface area contributed by atoms with Crippen molar-refractivity contribution in [3.05, 3.63) is 69.2 Å². The largest absolute Gasteiger partial charge is 0.324 e. The summed E-state index contributed by atoms with van der Waals surface area (Å²) in [5, 5.41) is 3.78. The lowest BCUT2D eigenvalue weighted by atomic mass is 10.1. The second kappa shape index (κ2) is 6.45. The van der Waals surface area contributed by atoms with Gasteiger partial charge in [0.25, 0.3) is 5.56 Å². The van der Waals surface area contributed by atoms with E-state index in [4.69, 9.17) is 11.6 Å². The molecule has 0 aliphatic carbocycles. The molecule has 0 atom stereocenters. The van der Waals surface area contributed by atoms with Crippen molar-refractivity contribution in [1.29, 1.82) is 0 Å². The number of amides is 1. The minimum atomic E-state index is -0.277. The van der Waals surface area contributed by atoms with Crippen LogP contribution in [-0.4, -0.2) is 15.5 Å². The number of hydrogen-bond donors (Lipinski definition) is 1. The Labute approximate surface area is 143 Å². The molecule has 0 radical (unpaired) electrons. The van der Waals surface area contributed by atoms with E-state index in [1.807, 2.05) is 32.0 Å². The number of rotatable bonds is 3. The van der Waals surface area contributed by atoms with E-state index < -0.39 is 0 Å². The summed E-state index contributed by atoms with van der Waals surface area (Å²) in [5.41, 5.74) is 3.00. The monoisotopic (exact) mass is 341 g/mol. The van der Waals surface area contributed by atoms with Crippen LogP contribution < -0.4 is 10.9 Å². The zero-order valence-electron chi connectivity index (χ0n) is 13.3. The molecule has 1 N–H and O–H groups in total. The average molecular weight is 342 g/mol. The first-order valence-electron chi connectivity index (χ1n) is 7.46. The van der Waals surface area contributed by atoms with Crippen molar-refractivity contribution in [3.8, 4) is 0 Å². The first-order chi connectivity index (χ1) is 11.4. The standard InChI is InChI=1S/C18H16ClN3O2/c1-11-3-4-12(2)15(7-11)21-17(23)9-22-10-20-16-8-13(19)5-6-14(16)18(22)24/h3-8,10H,9H2,1-2H3,(H,21,23). The van der Waals surface area contributed by atoms with Crippen LogP contribution in [0.25, 0.3) is 10.9 Å². The molecule has 1 aromatic heterocycles. The molecule has 2 aromatic carbocycles. The maximum atomic E-state index is 12.4. The number of aryl methyl sites for hydroxylation is 2. The van der Waals surface area contributed by atoms with Crippen molar-refractivity contribution in [3.63, 3.8) is 0 Å². The molecular weight excluding hydrogens is 326 g/mol. The number of benzene rings is 2. The van der Waals surface area contributed by atoms with Crippen molar-refractivity contribution in [1.82, 2.24) is 9.55 Å². The third-order valence-electron chi connectivity index (χ3n) is 3.77. The fraction of sp³-hybridized carbons (Fsp3) is 0.167. The summed E-state index contributed by atoms with van der Waals surface area (Å²) in [6.45, 7) is 3.78. The fourth-order valence-electron chi connectivity index (χ4n) is 2.46. The zero-order chi connectivity index (χ0) is 17.3. The molecule has 0 aliphatic rings. The van der Waals surface area contributed by atoms with Crippen molar-refractivity contribution >= 4 is 34.1 Å². The number of halogens is 1. The van der Waals surface area contributed by atoms with Crippen LogP contribution in [0.15, 0.2) is 47.5 Å². The lowest BCUT2D eigenvalue weighted by Gasteiger charge is -2.11. The van der Waals surface area contributed by atoms with Crippen LogP contribution in [0, 0.1) is 13.8 Å². The highest BCUT2D eigenvalue weighted by Gasteiger charge is 2.10. The zero-order valence-corrected chi connectivity index (χ0v) is 14.1. The van der Waals surface area contributed by atoms with Gasteiger partial charge in [0.05, 0.1) is 17.2 Å². The van der Waals surface area contributed by atoms with E-state index in [-0.39, 0.29) is 18.0 Å². The van der Waals surface area contributed by atoms with Crippen molar-refractivity contribution in [2.75, 3.05) is 5.32 Å². The number of nitrogens with one attached hydrogen (secondary N) is 1. The summed E-state index contributed by atoms with van der Waals surface area (Å²) >= 11 is 5.90. The molecule has 0 saturated carbocycles. The maximum absolute atomic E-state index is 12.4. The third-order valence-corrected chi connectivity index (χ3v) is 4.00. The Morgan fingerprint density at radius 3 is 2.79 bits per heavy atom. The summed E-state index contributed by atoms with van der Waals surface area (Å²) in [4.78, 5) is 28.9. The predicted octanol–water partition coefficient (Wildman–Crippen LogP) is 3.31. The molecule has 0 bridgehead atoms. The normalized spacial score (nSPS) is 10.8. The summed E-state index contributed by atoms with van der Waals surface area (Å²) in [6.07, 6.45) is 1.36. The highest BCUT2D eigenvalue weighted by atomic mass is 35.5. The van der Waals surface area contributed by atoms with E-state index in [1.54, 1.807) is 18.2 Å².